The van der Waals surface area contributed by atoms with Gasteiger partial charge in [0.25, 0.3) is 5.56 Å². The molecule has 224 valence electrons. The van der Waals surface area contributed by atoms with Gasteiger partial charge in [0.05, 0.1) is 23.5 Å². The lowest BCUT2D eigenvalue weighted by Gasteiger charge is -2.40. The maximum Gasteiger partial charge on any atom is 0.406 e. The molecular weight excluding hydrogens is 604 g/mol. The number of fused-ring (bicyclic) bond motifs is 2. The molecule has 5 heterocycles. The highest BCUT2D eigenvalue weighted by Crippen LogP contribution is 2.42. The molecule has 42 heavy (non-hydrogen) atoms. The quantitative estimate of drug-likeness (QED) is 0.361. The molecule has 3 aliphatic rings. The van der Waals surface area contributed by atoms with E-state index >= 15 is 0 Å². The second-order valence-electron chi connectivity index (χ2n) is 10.3. The van der Waals surface area contributed by atoms with Gasteiger partial charge in [-0.05, 0) is 37.1 Å². The number of aromatic amines is 1. The summed E-state index contributed by atoms with van der Waals surface area (Å²) in [5.74, 6) is -0.515. The molecule has 2 fully saturated rings. The van der Waals surface area contributed by atoms with Crippen molar-refractivity contribution >= 4 is 46.3 Å². The summed E-state index contributed by atoms with van der Waals surface area (Å²) in [4.78, 5) is 50.8. The number of alkyl halides is 3. The average molecular weight is 629 g/mol. The van der Waals surface area contributed by atoms with Crippen LogP contribution in [0, 0.1) is 5.92 Å². The van der Waals surface area contributed by atoms with E-state index < -0.39 is 42.7 Å². The molecule has 1 aromatic carbocycles. The predicted octanol–water partition coefficient (Wildman–Crippen LogP) is 2.44. The van der Waals surface area contributed by atoms with Gasteiger partial charge in [0, 0.05) is 24.2 Å². The molecule has 3 aliphatic heterocycles. The highest BCUT2D eigenvalue weighted by Gasteiger charge is 2.51. The standard InChI is InChI=1S/C25H25Cl2F3N8O4/c26-14-1-2-16(15(27)7-14)33-18(39)10-37-22-20(21(40)34-23(41)38(22)12-25(28,29)30)36(11-19-32-4-6-42-19)24(37)35-5-3-13-8-31-9-17(13)35/h1-2,4,6-7,13,17,24,31H,3,5,8-12H2,(H,33,39)(H,34,40,41). The Labute approximate surface area is 246 Å². The second kappa shape index (κ2) is 10.9. The Morgan fingerprint density at radius 2 is 2.00 bits per heavy atom. The number of aromatic nitrogens is 3. The number of likely N-dealkylation sites (tertiary alicyclic amines) is 1. The van der Waals surface area contributed by atoms with E-state index in [2.05, 4.69) is 15.6 Å². The topological polar surface area (TPSA) is 132 Å². The maximum atomic E-state index is 13.8. The van der Waals surface area contributed by atoms with Crippen molar-refractivity contribution in [2.75, 3.05) is 41.3 Å². The smallest absolute Gasteiger partial charge is 0.406 e. The van der Waals surface area contributed by atoms with Crippen LogP contribution >= 0.6 is 23.2 Å². The third kappa shape index (κ3) is 5.37. The highest BCUT2D eigenvalue weighted by atomic mass is 35.5. The first-order valence-electron chi connectivity index (χ1n) is 13.1. The number of nitrogens with zero attached hydrogens (tertiary/aromatic N) is 5. The predicted molar refractivity (Wildman–Crippen MR) is 148 cm³/mol. The fourth-order valence-electron chi connectivity index (χ4n) is 6.08. The minimum Gasteiger partial charge on any atom is -0.447 e. The van der Waals surface area contributed by atoms with Crippen LogP contribution in [-0.2, 0) is 17.9 Å². The number of carbonyl (C=O) groups excluding carboxylic acids is 1. The molecule has 3 aromatic rings. The number of hydrogen-bond acceptors (Lipinski definition) is 9. The largest absolute Gasteiger partial charge is 0.447 e. The van der Waals surface area contributed by atoms with E-state index in [1.807, 2.05) is 9.88 Å². The Hall–Kier alpha value is -3.53. The second-order valence-corrected chi connectivity index (χ2v) is 11.2. The minimum atomic E-state index is -4.81. The molecule has 6 rings (SSSR count). The number of nitrogens with one attached hydrogen (secondary N) is 3. The van der Waals surface area contributed by atoms with Crippen LogP contribution in [0.2, 0.25) is 10.0 Å². The van der Waals surface area contributed by atoms with E-state index in [1.54, 1.807) is 0 Å². The monoisotopic (exact) mass is 628 g/mol. The number of amides is 1. The van der Waals surface area contributed by atoms with E-state index in [9.17, 15) is 27.6 Å². The van der Waals surface area contributed by atoms with E-state index in [-0.39, 0.29) is 46.6 Å². The maximum absolute atomic E-state index is 13.8. The minimum absolute atomic E-state index is 0.0329. The summed E-state index contributed by atoms with van der Waals surface area (Å²) in [6.45, 7) is -0.396. The average Bonchev–Trinajstić information content (AvgIpc) is 3.69. The van der Waals surface area contributed by atoms with Crippen LogP contribution in [0.1, 0.15) is 12.3 Å². The summed E-state index contributed by atoms with van der Waals surface area (Å²) in [5.41, 5.74) is -2.11. The summed E-state index contributed by atoms with van der Waals surface area (Å²) < 4.78 is 47.2. The van der Waals surface area contributed by atoms with Gasteiger partial charge in [0.1, 0.15) is 30.9 Å². The zero-order valence-corrected chi connectivity index (χ0v) is 23.3. The lowest BCUT2D eigenvalue weighted by Crippen LogP contribution is -2.59. The number of H-pyrrole nitrogens is 1. The van der Waals surface area contributed by atoms with Crippen LogP contribution in [0.4, 0.5) is 30.4 Å². The summed E-state index contributed by atoms with van der Waals surface area (Å²) in [7, 11) is 0. The van der Waals surface area contributed by atoms with Gasteiger partial charge >= 0.3 is 11.9 Å². The Kier molecular flexibility index (Phi) is 7.45. The van der Waals surface area contributed by atoms with E-state index in [0.717, 1.165) is 13.0 Å². The summed E-state index contributed by atoms with van der Waals surface area (Å²) >= 11 is 12.2. The molecule has 3 N–H and O–H groups in total. The number of carbonyl (C=O) groups is 1. The normalized spacial score (nSPS) is 22.1. The third-order valence-corrected chi connectivity index (χ3v) is 8.24. The Bertz CT molecular complexity index is 1610. The molecule has 17 heteroatoms. The summed E-state index contributed by atoms with van der Waals surface area (Å²) in [6, 6.07) is 4.41. The van der Waals surface area contributed by atoms with Gasteiger partial charge in [0.2, 0.25) is 11.8 Å². The first-order chi connectivity index (χ1) is 20.0. The SMILES string of the molecule is O=C(CN1c2c(c(=O)[nH]c(=O)n2CC(F)(F)F)N(Cc2ncco2)C1N1CCC2CNCC21)Nc1ccc(Cl)cc1Cl. The highest BCUT2D eigenvalue weighted by molar-refractivity contribution is 6.36. The number of oxazole rings is 1. The van der Waals surface area contributed by atoms with Crippen molar-refractivity contribution in [3.05, 3.63) is 67.4 Å². The number of benzene rings is 1. The summed E-state index contributed by atoms with van der Waals surface area (Å²) in [6.07, 6.45) is -2.19. The lowest BCUT2D eigenvalue weighted by molar-refractivity contribution is -0.141. The lowest BCUT2D eigenvalue weighted by atomic mass is 10.1. The van der Waals surface area contributed by atoms with E-state index in [1.165, 1.54) is 40.5 Å². The number of anilines is 3. The Balaban J connectivity index is 1.48. The molecular formula is C25H25Cl2F3N8O4. The van der Waals surface area contributed by atoms with Crippen molar-refractivity contribution in [1.29, 1.82) is 0 Å². The fourth-order valence-corrected chi connectivity index (χ4v) is 6.53. The number of rotatable bonds is 7. The fraction of sp³-hybridized carbons (Fsp3) is 0.440. The van der Waals surface area contributed by atoms with Crippen molar-refractivity contribution in [1.82, 2.24) is 24.8 Å². The van der Waals surface area contributed by atoms with Crippen molar-refractivity contribution in [2.24, 2.45) is 5.92 Å². The van der Waals surface area contributed by atoms with Gasteiger partial charge in [-0.2, -0.15) is 13.2 Å². The molecule has 3 unspecified atom stereocenters. The van der Waals surface area contributed by atoms with Crippen molar-refractivity contribution in [3.63, 3.8) is 0 Å². The van der Waals surface area contributed by atoms with Crippen LogP contribution in [0.25, 0.3) is 0 Å². The number of hydrogen-bond donors (Lipinski definition) is 3. The van der Waals surface area contributed by atoms with Gasteiger partial charge in [-0.15, -0.1) is 0 Å². The first-order valence-corrected chi connectivity index (χ1v) is 13.8. The molecule has 0 bridgehead atoms. The van der Waals surface area contributed by atoms with Crippen molar-refractivity contribution < 1.29 is 22.4 Å². The zero-order chi connectivity index (χ0) is 29.8. The Morgan fingerprint density at radius 3 is 2.71 bits per heavy atom. The molecule has 2 saturated heterocycles. The van der Waals surface area contributed by atoms with Gasteiger partial charge in [-0.3, -0.25) is 24.0 Å². The zero-order valence-electron chi connectivity index (χ0n) is 21.8. The van der Waals surface area contributed by atoms with Crippen molar-refractivity contribution in [2.45, 2.75) is 38.0 Å². The molecule has 0 spiro atoms. The molecule has 2 aromatic heterocycles. The van der Waals surface area contributed by atoms with Gasteiger partial charge in [0.15, 0.2) is 6.29 Å². The van der Waals surface area contributed by atoms with Crippen LogP contribution in [0.15, 0.2) is 44.7 Å². The van der Waals surface area contributed by atoms with E-state index in [4.69, 9.17) is 27.6 Å². The van der Waals surface area contributed by atoms with Gasteiger partial charge in [-0.25, -0.2) is 9.78 Å². The van der Waals surface area contributed by atoms with Gasteiger partial charge < -0.3 is 24.9 Å². The molecule has 0 aliphatic carbocycles. The van der Waals surface area contributed by atoms with Crippen LogP contribution in [0.5, 0.6) is 0 Å². The molecule has 12 nitrogen and oxygen atoms in total. The van der Waals surface area contributed by atoms with E-state index in [0.29, 0.717) is 22.7 Å². The number of halogens is 5. The van der Waals surface area contributed by atoms with Crippen LogP contribution < -0.4 is 31.7 Å². The first kappa shape index (κ1) is 28.6. The third-order valence-electron chi connectivity index (χ3n) is 7.70. The van der Waals surface area contributed by atoms with Crippen LogP contribution in [0.3, 0.4) is 0 Å². The summed E-state index contributed by atoms with van der Waals surface area (Å²) in [5, 5.41) is 6.50. The molecule has 0 radical (unpaired) electrons. The Morgan fingerprint density at radius 1 is 1.19 bits per heavy atom. The van der Waals surface area contributed by atoms with Crippen LogP contribution in [-0.4, -0.2) is 70.0 Å². The molecule has 0 saturated carbocycles. The molecule has 3 atom stereocenters. The van der Waals surface area contributed by atoms with Gasteiger partial charge in [-0.1, -0.05) is 23.2 Å². The van der Waals surface area contributed by atoms with Crippen molar-refractivity contribution in [3.8, 4) is 0 Å². The molecule has 1 amide bonds.